The predicted octanol–water partition coefficient (Wildman–Crippen LogP) is 3.60. The van der Waals surface area contributed by atoms with E-state index in [0.29, 0.717) is 17.8 Å². The van der Waals surface area contributed by atoms with Crippen LogP contribution in [0, 0.1) is 28.6 Å². The zero-order chi connectivity index (χ0) is 17.3. The van der Waals surface area contributed by atoms with E-state index < -0.39 is 5.54 Å². The maximum absolute atomic E-state index is 12.4. The Labute approximate surface area is 146 Å². The molecule has 0 aromatic heterocycles. The molecule has 4 rings (SSSR count). The van der Waals surface area contributed by atoms with Crippen LogP contribution in [0.25, 0.3) is 0 Å². The van der Waals surface area contributed by atoms with Gasteiger partial charge in [-0.2, -0.15) is 0 Å². The molecule has 3 N–H and O–H groups in total. The first-order valence-corrected chi connectivity index (χ1v) is 9.91. The van der Waals surface area contributed by atoms with Gasteiger partial charge in [-0.05, 0) is 86.9 Å². The van der Waals surface area contributed by atoms with Crippen LogP contribution in [0.5, 0.6) is 0 Å². The molecule has 0 saturated heterocycles. The van der Waals surface area contributed by atoms with E-state index in [2.05, 4.69) is 19.9 Å². The standard InChI is InChI=1S/C21H33NO2/c1-13(23)21(22)11-8-18-16-5-4-14-12-15(24)6-9-19(14,2)17(16)7-10-20(18,21)3/h12,15-18,24H,4-11,22H2,1-3H3/t15-,16?,17?,18?,19+,20+,21+/m1/s1. The topological polar surface area (TPSA) is 63.3 Å². The highest BCUT2D eigenvalue weighted by molar-refractivity contribution is 5.87. The molecule has 3 saturated carbocycles. The Morgan fingerprint density at radius 3 is 2.54 bits per heavy atom. The monoisotopic (exact) mass is 331 g/mol. The number of aliphatic hydroxyl groups is 1. The summed E-state index contributed by atoms with van der Waals surface area (Å²) >= 11 is 0. The molecule has 4 aliphatic carbocycles. The average molecular weight is 332 g/mol. The Bertz CT molecular complexity index is 599. The van der Waals surface area contributed by atoms with Crippen molar-refractivity contribution in [2.24, 2.45) is 34.3 Å². The van der Waals surface area contributed by atoms with Gasteiger partial charge in [0.15, 0.2) is 0 Å². The molecule has 0 bridgehead atoms. The number of hydrogen-bond donors (Lipinski definition) is 2. The van der Waals surface area contributed by atoms with Crippen LogP contribution in [0.2, 0.25) is 0 Å². The summed E-state index contributed by atoms with van der Waals surface area (Å²) < 4.78 is 0. The Hall–Kier alpha value is -0.670. The largest absolute Gasteiger partial charge is 0.389 e. The van der Waals surface area contributed by atoms with Gasteiger partial charge in [0.1, 0.15) is 5.78 Å². The van der Waals surface area contributed by atoms with E-state index in [4.69, 9.17) is 5.73 Å². The number of carbonyl (C=O) groups is 1. The molecule has 0 aliphatic heterocycles. The van der Waals surface area contributed by atoms with E-state index in [-0.39, 0.29) is 22.7 Å². The lowest BCUT2D eigenvalue weighted by Gasteiger charge is -2.59. The summed E-state index contributed by atoms with van der Waals surface area (Å²) in [4.78, 5) is 12.4. The fourth-order valence-corrected chi connectivity index (χ4v) is 7.36. The molecule has 3 heteroatoms. The van der Waals surface area contributed by atoms with Gasteiger partial charge in [0.05, 0.1) is 11.6 Å². The molecular weight excluding hydrogens is 298 g/mol. The van der Waals surface area contributed by atoms with E-state index in [1.807, 2.05) is 0 Å². The van der Waals surface area contributed by atoms with Gasteiger partial charge in [0.2, 0.25) is 0 Å². The maximum atomic E-state index is 12.4. The SMILES string of the molecule is CC(=O)[C@@]1(N)CCC2C3CCC4=C[C@H](O)CC[C@]4(C)C3CC[C@@]21C. The van der Waals surface area contributed by atoms with Gasteiger partial charge in [-0.25, -0.2) is 0 Å². The van der Waals surface area contributed by atoms with Crippen LogP contribution in [0.15, 0.2) is 11.6 Å². The van der Waals surface area contributed by atoms with Gasteiger partial charge < -0.3 is 10.8 Å². The smallest absolute Gasteiger partial charge is 0.150 e. The summed E-state index contributed by atoms with van der Waals surface area (Å²) in [6, 6.07) is 0. The molecule has 0 spiro atoms. The number of aliphatic hydroxyl groups excluding tert-OH is 1. The zero-order valence-electron chi connectivity index (χ0n) is 15.5. The number of rotatable bonds is 1. The van der Waals surface area contributed by atoms with E-state index in [1.54, 1.807) is 6.92 Å². The van der Waals surface area contributed by atoms with Gasteiger partial charge in [-0.1, -0.05) is 25.5 Å². The van der Waals surface area contributed by atoms with Crippen molar-refractivity contribution >= 4 is 5.78 Å². The highest BCUT2D eigenvalue weighted by atomic mass is 16.3. The van der Waals surface area contributed by atoms with Crippen LogP contribution in [0.1, 0.15) is 72.1 Å². The normalized spacial score (nSPS) is 53.6. The number of allylic oxidation sites excluding steroid dienone is 1. The van der Waals surface area contributed by atoms with Crippen molar-refractivity contribution in [2.75, 3.05) is 0 Å². The van der Waals surface area contributed by atoms with Crippen LogP contribution in [-0.2, 0) is 4.79 Å². The Balaban J connectivity index is 1.69. The molecule has 0 amide bonds. The second-order valence-corrected chi connectivity index (χ2v) is 9.65. The van der Waals surface area contributed by atoms with Crippen molar-refractivity contribution in [3.63, 3.8) is 0 Å². The number of hydrogen-bond acceptors (Lipinski definition) is 3. The summed E-state index contributed by atoms with van der Waals surface area (Å²) in [5.41, 5.74) is 7.84. The number of carbonyl (C=O) groups excluding carboxylic acids is 1. The number of fused-ring (bicyclic) bond motifs is 5. The predicted molar refractivity (Wildman–Crippen MR) is 95.3 cm³/mol. The first-order valence-electron chi connectivity index (χ1n) is 9.91. The van der Waals surface area contributed by atoms with Crippen LogP contribution in [0.4, 0.5) is 0 Å². The highest BCUT2D eigenvalue weighted by Gasteiger charge is 2.64. The Morgan fingerprint density at radius 2 is 1.83 bits per heavy atom. The minimum atomic E-state index is -0.609. The molecule has 134 valence electrons. The van der Waals surface area contributed by atoms with Crippen LogP contribution < -0.4 is 5.73 Å². The summed E-state index contributed by atoms with van der Waals surface area (Å²) in [6.45, 7) is 6.45. The summed E-state index contributed by atoms with van der Waals surface area (Å²) in [5.74, 6) is 2.19. The Morgan fingerprint density at radius 1 is 1.12 bits per heavy atom. The molecule has 3 unspecified atom stereocenters. The van der Waals surface area contributed by atoms with Crippen molar-refractivity contribution < 1.29 is 9.90 Å². The molecule has 3 fully saturated rings. The molecule has 7 atom stereocenters. The lowest BCUT2D eigenvalue weighted by Crippen LogP contribution is -2.61. The summed E-state index contributed by atoms with van der Waals surface area (Å²) in [5, 5.41) is 10.0. The number of nitrogens with two attached hydrogens (primary N) is 1. The summed E-state index contributed by atoms with van der Waals surface area (Å²) in [7, 11) is 0. The van der Waals surface area contributed by atoms with Crippen molar-refractivity contribution in [1.82, 2.24) is 0 Å². The van der Waals surface area contributed by atoms with Crippen molar-refractivity contribution in [1.29, 1.82) is 0 Å². The molecule has 4 aliphatic rings. The lowest BCUT2D eigenvalue weighted by atomic mass is 9.46. The number of ketones is 1. The first kappa shape index (κ1) is 16.8. The molecule has 3 nitrogen and oxygen atoms in total. The van der Waals surface area contributed by atoms with E-state index in [1.165, 1.54) is 18.4 Å². The first-order chi connectivity index (χ1) is 11.2. The maximum Gasteiger partial charge on any atom is 0.150 e. The van der Waals surface area contributed by atoms with Crippen LogP contribution in [0.3, 0.4) is 0 Å². The van der Waals surface area contributed by atoms with Crippen molar-refractivity contribution in [3.8, 4) is 0 Å². The molecule has 0 radical (unpaired) electrons. The van der Waals surface area contributed by atoms with Gasteiger partial charge in [-0.3, -0.25) is 4.79 Å². The fraction of sp³-hybridized carbons (Fsp3) is 0.857. The molecule has 0 aromatic carbocycles. The molecule has 0 aromatic rings. The molecule has 24 heavy (non-hydrogen) atoms. The lowest BCUT2D eigenvalue weighted by molar-refractivity contribution is -0.130. The van der Waals surface area contributed by atoms with Gasteiger partial charge >= 0.3 is 0 Å². The summed E-state index contributed by atoms with van der Waals surface area (Å²) in [6.07, 6.45) is 10.5. The fourth-order valence-electron chi connectivity index (χ4n) is 7.36. The van der Waals surface area contributed by atoms with Crippen LogP contribution >= 0.6 is 0 Å². The van der Waals surface area contributed by atoms with Crippen molar-refractivity contribution in [2.45, 2.75) is 83.8 Å². The minimum Gasteiger partial charge on any atom is -0.389 e. The van der Waals surface area contributed by atoms with Crippen LogP contribution in [-0.4, -0.2) is 22.5 Å². The van der Waals surface area contributed by atoms with Gasteiger partial charge in [-0.15, -0.1) is 0 Å². The minimum absolute atomic E-state index is 0.0221. The number of Topliss-reactive ketones (excluding diaryl/α,β-unsaturated/α-hetero) is 1. The second kappa shape index (κ2) is 5.17. The molecular formula is C21H33NO2. The van der Waals surface area contributed by atoms with E-state index in [9.17, 15) is 9.90 Å². The van der Waals surface area contributed by atoms with E-state index in [0.717, 1.165) is 38.5 Å². The van der Waals surface area contributed by atoms with Gasteiger partial charge in [0, 0.05) is 0 Å². The third-order valence-corrected chi connectivity index (χ3v) is 8.98. The molecule has 0 heterocycles. The quantitative estimate of drug-likeness (QED) is 0.722. The van der Waals surface area contributed by atoms with Crippen molar-refractivity contribution in [3.05, 3.63) is 11.6 Å². The third-order valence-electron chi connectivity index (χ3n) is 8.98. The zero-order valence-corrected chi connectivity index (χ0v) is 15.5. The highest BCUT2D eigenvalue weighted by Crippen LogP contribution is 2.67. The average Bonchev–Trinajstić information content (AvgIpc) is 2.81. The third kappa shape index (κ3) is 1.94. The Kier molecular flexibility index (Phi) is 3.61. The second-order valence-electron chi connectivity index (χ2n) is 9.65. The van der Waals surface area contributed by atoms with E-state index >= 15 is 0 Å². The van der Waals surface area contributed by atoms with Gasteiger partial charge in [0.25, 0.3) is 0 Å².